The number of nitrogens with zero attached hydrogens (tertiary/aromatic N) is 4. The number of fused-ring (bicyclic) bond motifs is 1. The minimum atomic E-state index is -1.45. The maximum absolute atomic E-state index is 10.5. The van der Waals surface area contributed by atoms with Crippen LogP contribution in [0.3, 0.4) is 0 Å². The van der Waals surface area contributed by atoms with Crippen molar-refractivity contribution < 1.29 is 10.2 Å². The van der Waals surface area contributed by atoms with Crippen LogP contribution < -0.4 is 5.73 Å². The summed E-state index contributed by atoms with van der Waals surface area (Å²) in [5, 5.41) is 25.3. The number of aliphatic hydroxyl groups is 2. The summed E-state index contributed by atoms with van der Waals surface area (Å²) >= 11 is 0. The van der Waals surface area contributed by atoms with Crippen LogP contribution in [0.25, 0.3) is 28.0 Å². The van der Waals surface area contributed by atoms with Gasteiger partial charge in [-0.15, -0.1) is 0 Å². The fourth-order valence-electron chi connectivity index (χ4n) is 3.38. The summed E-state index contributed by atoms with van der Waals surface area (Å²) in [6.45, 7) is 1.84. The number of aliphatic hydroxyl groups excluding tert-OH is 1. The van der Waals surface area contributed by atoms with Gasteiger partial charge in [0.1, 0.15) is 0 Å². The molecule has 0 saturated heterocycles. The van der Waals surface area contributed by atoms with Crippen LogP contribution >= 0.6 is 0 Å². The van der Waals surface area contributed by atoms with Gasteiger partial charge >= 0.3 is 0 Å². The van der Waals surface area contributed by atoms with E-state index in [1.807, 2.05) is 49.4 Å². The molecule has 29 heavy (non-hydrogen) atoms. The molecule has 1 aromatic carbocycles. The zero-order chi connectivity index (χ0) is 20.4. The van der Waals surface area contributed by atoms with Gasteiger partial charge in [-0.2, -0.15) is 5.10 Å². The summed E-state index contributed by atoms with van der Waals surface area (Å²) in [5.41, 5.74) is 8.09. The summed E-state index contributed by atoms with van der Waals surface area (Å²) < 4.78 is 1.73. The van der Waals surface area contributed by atoms with E-state index < -0.39 is 5.72 Å². The molecule has 1 unspecified atom stereocenters. The van der Waals surface area contributed by atoms with Crippen LogP contribution in [0.1, 0.15) is 31.2 Å². The van der Waals surface area contributed by atoms with E-state index in [0.717, 1.165) is 22.9 Å². The first-order chi connectivity index (χ1) is 14.0. The van der Waals surface area contributed by atoms with E-state index in [1.165, 1.54) is 0 Å². The zero-order valence-corrected chi connectivity index (χ0v) is 16.2. The zero-order valence-electron chi connectivity index (χ0n) is 16.2. The average Bonchev–Trinajstić information content (AvgIpc) is 3.17. The molecule has 7 nitrogen and oxygen atoms in total. The van der Waals surface area contributed by atoms with Gasteiger partial charge in [-0.05, 0) is 36.8 Å². The highest BCUT2D eigenvalue weighted by atomic mass is 16.3. The number of pyridine rings is 2. The lowest BCUT2D eigenvalue weighted by molar-refractivity contribution is 0.0292. The van der Waals surface area contributed by atoms with Crippen molar-refractivity contribution in [3.05, 3.63) is 72.2 Å². The molecule has 0 bridgehead atoms. The quantitative estimate of drug-likeness (QED) is 0.437. The molecule has 0 aliphatic heterocycles. The summed E-state index contributed by atoms with van der Waals surface area (Å²) in [6.07, 6.45) is 2.96. The molecule has 0 fully saturated rings. The Balaban J connectivity index is 1.78. The second-order valence-electron chi connectivity index (χ2n) is 7.06. The number of hydrogen-bond donors (Lipinski definition) is 3. The first kappa shape index (κ1) is 19.2. The summed E-state index contributed by atoms with van der Waals surface area (Å²) in [6, 6.07) is 16.8. The molecule has 4 aromatic rings. The van der Waals surface area contributed by atoms with Crippen LogP contribution in [0, 0.1) is 0 Å². The Labute approximate surface area is 168 Å². The smallest absolute Gasteiger partial charge is 0.156 e. The maximum atomic E-state index is 10.5. The van der Waals surface area contributed by atoms with Gasteiger partial charge in [-0.25, -0.2) is 14.6 Å². The van der Waals surface area contributed by atoms with Crippen LogP contribution in [0.2, 0.25) is 0 Å². The lowest BCUT2D eigenvalue weighted by Gasteiger charge is -2.22. The molecule has 0 amide bonds. The third kappa shape index (κ3) is 3.75. The summed E-state index contributed by atoms with van der Waals surface area (Å²) in [7, 11) is 0. The first-order valence-corrected chi connectivity index (χ1v) is 9.56. The number of rotatable bonds is 6. The standard InChI is InChI=1S/C22H23N5O2/c1-2-11-22(23,29)20-7-4-6-18(26-20)15-9-10-16-13-24-27(19(16)12-15)21-8-3-5-17(14-28)25-21/h3-10,12-13,28-29H,2,11,14,23H2,1H3. The highest BCUT2D eigenvalue weighted by molar-refractivity contribution is 5.84. The molecule has 1 atom stereocenters. The minimum Gasteiger partial charge on any atom is -0.390 e. The van der Waals surface area contributed by atoms with Crippen LogP contribution in [0.4, 0.5) is 0 Å². The van der Waals surface area contributed by atoms with Gasteiger partial charge in [0, 0.05) is 10.9 Å². The molecular weight excluding hydrogens is 366 g/mol. The Morgan fingerprint density at radius 3 is 2.69 bits per heavy atom. The van der Waals surface area contributed by atoms with Crippen molar-refractivity contribution in [2.24, 2.45) is 5.73 Å². The number of benzene rings is 1. The van der Waals surface area contributed by atoms with E-state index >= 15 is 0 Å². The molecule has 3 heterocycles. The minimum absolute atomic E-state index is 0.130. The van der Waals surface area contributed by atoms with E-state index in [2.05, 4.69) is 15.1 Å². The molecule has 3 aromatic heterocycles. The van der Waals surface area contributed by atoms with Gasteiger partial charge in [-0.1, -0.05) is 37.6 Å². The lowest BCUT2D eigenvalue weighted by Crippen LogP contribution is -2.37. The highest BCUT2D eigenvalue weighted by Gasteiger charge is 2.24. The van der Waals surface area contributed by atoms with Crippen molar-refractivity contribution in [2.45, 2.75) is 32.1 Å². The van der Waals surface area contributed by atoms with Crippen LogP contribution in [0.5, 0.6) is 0 Å². The Bertz CT molecular complexity index is 1150. The molecule has 0 radical (unpaired) electrons. The molecule has 7 heteroatoms. The SMILES string of the molecule is CCCC(N)(O)c1cccc(-c2ccc3cnn(-c4cccc(CO)n4)c3c2)n1. The summed E-state index contributed by atoms with van der Waals surface area (Å²) in [4.78, 5) is 9.04. The molecule has 0 saturated carbocycles. The van der Waals surface area contributed by atoms with Gasteiger partial charge in [0.05, 0.1) is 35.4 Å². The van der Waals surface area contributed by atoms with Crippen molar-refractivity contribution in [3.8, 4) is 17.1 Å². The Kier molecular flexibility index (Phi) is 5.10. The molecule has 0 aliphatic carbocycles. The third-order valence-electron chi connectivity index (χ3n) is 4.86. The Hall–Kier alpha value is -3.13. The fourth-order valence-corrected chi connectivity index (χ4v) is 3.38. The molecule has 0 aliphatic rings. The van der Waals surface area contributed by atoms with E-state index in [-0.39, 0.29) is 6.61 Å². The van der Waals surface area contributed by atoms with Crippen molar-refractivity contribution in [3.63, 3.8) is 0 Å². The number of nitrogens with two attached hydrogens (primary N) is 1. The van der Waals surface area contributed by atoms with Gasteiger partial charge in [0.15, 0.2) is 11.5 Å². The number of aromatic nitrogens is 4. The third-order valence-corrected chi connectivity index (χ3v) is 4.86. The second kappa shape index (κ2) is 7.71. The molecule has 4 N–H and O–H groups in total. The van der Waals surface area contributed by atoms with E-state index in [1.54, 1.807) is 23.0 Å². The van der Waals surface area contributed by atoms with Crippen molar-refractivity contribution in [1.82, 2.24) is 19.7 Å². The van der Waals surface area contributed by atoms with Crippen molar-refractivity contribution in [1.29, 1.82) is 0 Å². The van der Waals surface area contributed by atoms with E-state index in [4.69, 9.17) is 5.73 Å². The normalized spacial score (nSPS) is 13.5. The predicted octanol–water partition coefficient (Wildman–Crippen LogP) is 2.88. The predicted molar refractivity (Wildman–Crippen MR) is 111 cm³/mol. The van der Waals surface area contributed by atoms with E-state index in [0.29, 0.717) is 29.3 Å². The van der Waals surface area contributed by atoms with Crippen LogP contribution in [-0.4, -0.2) is 30.0 Å². The second-order valence-corrected chi connectivity index (χ2v) is 7.06. The lowest BCUT2D eigenvalue weighted by atomic mass is 10.0. The highest BCUT2D eigenvalue weighted by Crippen LogP contribution is 2.27. The maximum Gasteiger partial charge on any atom is 0.156 e. The van der Waals surface area contributed by atoms with Crippen LogP contribution in [-0.2, 0) is 12.3 Å². The largest absolute Gasteiger partial charge is 0.390 e. The molecule has 148 valence electrons. The first-order valence-electron chi connectivity index (χ1n) is 9.56. The van der Waals surface area contributed by atoms with Crippen LogP contribution in [0.15, 0.2) is 60.8 Å². The molecule has 4 rings (SSSR count). The number of hydrogen-bond acceptors (Lipinski definition) is 6. The fraction of sp³-hybridized carbons (Fsp3) is 0.227. The van der Waals surface area contributed by atoms with Crippen molar-refractivity contribution in [2.75, 3.05) is 0 Å². The average molecular weight is 389 g/mol. The van der Waals surface area contributed by atoms with Crippen molar-refractivity contribution >= 4 is 10.9 Å². The summed E-state index contributed by atoms with van der Waals surface area (Å²) in [5.74, 6) is 0.629. The monoisotopic (exact) mass is 389 g/mol. The van der Waals surface area contributed by atoms with Gasteiger partial charge in [-0.3, -0.25) is 5.73 Å². The van der Waals surface area contributed by atoms with Gasteiger partial charge in [0.25, 0.3) is 0 Å². The molecule has 0 spiro atoms. The van der Waals surface area contributed by atoms with Gasteiger partial charge < -0.3 is 10.2 Å². The topological polar surface area (TPSA) is 110 Å². The Morgan fingerprint density at radius 2 is 1.90 bits per heavy atom. The van der Waals surface area contributed by atoms with Gasteiger partial charge in [0.2, 0.25) is 0 Å². The molecular formula is C22H23N5O2. The van der Waals surface area contributed by atoms with E-state index in [9.17, 15) is 10.2 Å². The Morgan fingerprint density at radius 1 is 1.07 bits per heavy atom.